The summed E-state index contributed by atoms with van der Waals surface area (Å²) in [4.78, 5) is 46.2. The smallest absolute Gasteiger partial charge is 0.350 e. The van der Waals surface area contributed by atoms with Gasteiger partial charge in [-0.2, -0.15) is 0 Å². The van der Waals surface area contributed by atoms with Crippen LogP contribution in [0.25, 0.3) is 5.76 Å². The molecule has 0 spiro atoms. The number of benzene rings is 2. The number of aryl methyl sites for hydroxylation is 1. The number of rotatable bonds is 13. The minimum atomic E-state index is -1.12. The number of ether oxygens (including phenoxy) is 5. The van der Waals surface area contributed by atoms with E-state index in [1.54, 1.807) is 43.3 Å². The first-order chi connectivity index (χ1) is 22.3. The maximum absolute atomic E-state index is 13.8. The first kappa shape index (κ1) is 32.6. The van der Waals surface area contributed by atoms with Gasteiger partial charge < -0.3 is 28.8 Å². The topological polar surface area (TPSA) is 134 Å². The fourth-order valence-corrected chi connectivity index (χ4v) is 6.17. The van der Waals surface area contributed by atoms with Crippen LogP contribution in [0.3, 0.4) is 0 Å². The summed E-state index contributed by atoms with van der Waals surface area (Å²) < 4.78 is 28.4. The van der Waals surface area contributed by atoms with Gasteiger partial charge in [-0.15, -0.1) is 0 Å². The van der Waals surface area contributed by atoms with Gasteiger partial charge in [0, 0.05) is 5.56 Å². The minimum absolute atomic E-state index is 0.00137. The highest BCUT2D eigenvalue weighted by molar-refractivity contribution is 7.17. The molecule has 2 aliphatic heterocycles. The fourth-order valence-electron chi connectivity index (χ4n) is 5.18. The molecule has 0 aliphatic carbocycles. The highest BCUT2D eigenvalue weighted by atomic mass is 32.1. The maximum Gasteiger partial charge on any atom is 0.350 e. The number of thiazole rings is 1. The zero-order valence-corrected chi connectivity index (χ0v) is 26.8. The van der Waals surface area contributed by atoms with Gasteiger partial charge in [-0.05, 0) is 56.2 Å². The van der Waals surface area contributed by atoms with Crippen molar-refractivity contribution in [3.8, 4) is 23.0 Å². The van der Waals surface area contributed by atoms with Crippen molar-refractivity contribution in [2.24, 2.45) is 0 Å². The van der Waals surface area contributed by atoms with Crippen molar-refractivity contribution in [3.05, 3.63) is 76.3 Å². The molecule has 1 saturated heterocycles. The highest BCUT2D eigenvalue weighted by Crippen LogP contribution is 2.46. The lowest BCUT2D eigenvalue weighted by atomic mass is 9.95. The molecule has 1 amide bonds. The summed E-state index contributed by atoms with van der Waals surface area (Å²) in [5, 5.41) is 11.8. The number of anilines is 1. The molecule has 2 aliphatic rings. The van der Waals surface area contributed by atoms with Crippen LogP contribution in [0.1, 0.15) is 65.6 Å². The molecular weight excluding hydrogens is 612 g/mol. The van der Waals surface area contributed by atoms with Crippen molar-refractivity contribution in [1.82, 2.24) is 4.98 Å². The Morgan fingerprint density at radius 1 is 1.09 bits per heavy atom. The second-order valence-corrected chi connectivity index (χ2v) is 11.5. The predicted molar refractivity (Wildman–Crippen MR) is 172 cm³/mol. The lowest BCUT2D eigenvalue weighted by Crippen LogP contribution is -2.29. The molecule has 2 aromatic carbocycles. The summed E-state index contributed by atoms with van der Waals surface area (Å²) in [7, 11) is 0. The van der Waals surface area contributed by atoms with E-state index >= 15 is 0 Å². The summed E-state index contributed by atoms with van der Waals surface area (Å²) in [6.45, 7) is 10.7. The molecule has 1 N–H and O–H groups in total. The first-order valence-corrected chi connectivity index (χ1v) is 16.0. The Kier molecular flexibility index (Phi) is 10.3. The summed E-state index contributed by atoms with van der Waals surface area (Å²) in [5.41, 5.74) is 0.889. The Balaban J connectivity index is 1.64. The van der Waals surface area contributed by atoms with E-state index in [4.69, 9.17) is 23.7 Å². The van der Waals surface area contributed by atoms with Crippen LogP contribution in [0, 0.1) is 6.92 Å². The van der Waals surface area contributed by atoms with Gasteiger partial charge in [0.1, 0.15) is 30.5 Å². The summed E-state index contributed by atoms with van der Waals surface area (Å²) in [6, 6.07) is 8.81. The number of aliphatic hydroxyl groups is 1. The summed E-state index contributed by atoms with van der Waals surface area (Å²) >= 11 is 0.917. The van der Waals surface area contributed by atoms with E-state index in [0.717, 1.165) is 30.6 Å². The Morgan fingerprint density at radius 2 is 1.87 bits per heavy atom. The number of ketones is 1. The number of hydrogen-bond donors (Lipinski definition) is 1. The highest BCUT2D eigenvalue weighted by Gasteiger charge is 2.49. The Bertz CT molecular complexity index is 1680. The average Bonchev–Trinajstić information content (AvgIpc) is 3.57. The van der Waals surface area contributed by atoms with Gasteiger partial charge in [-0.3, -0.25) is 14.5 Å². The van der Waals surface area contributed by atoms with Crippen LogP contribution >= 0.6 is 11.3 Å². The van der Waals surface area contributed by atoms with Crippen LogP contribution in [-0.2, 0) is 14.3 Å². The van der Waals surface area contributed by atoms with Crippen molar-refractivity contribution >= 4 is 39.9 Å². The number of carbonyl (C=O) groups is 3. The van der Waals surface area contributed by atoms with Crippen molar-refractivity contribution in [1.29, 1.82) is 0 Å². The number of esters is 1. The van der Waals surface area contributed by atoms with E-state index in [1.165, 1.54) is 11.0 Å². The number of aromatic nitrogens is 1. The molecule has 1 aromatic heterocycles. The third-order valence-electron chi connectivity index (χ3n) is 7.36. The van der Waals surface area contributed by atoms with Gasteiger partial charge in [0.2, 0.25) is 0 Å². The Hall–Kier alpha value is -4.84. The summed E-state index contributed by atoms with van der Waals surface area (Å²) in [6.07, 6.45) is 4.39. The number of fused-ring (bicyclic) bond motifs is 1. The quantitative estimate of drug-likeness (QED) is 0.0574. The van der Waals surface area contributed by atoms with Crippen molar-refractivity contribution in [2.75, 3.05) is 37.9 Å². The monoisotopic (exact) mass is 648 g/mol. The number of Topliss-reactive ketones (excluding diaryl/α,β-unsaturated/α-hetero) is 1. The van der Waals surface area contributed by atoms with E-state index in [1.807, 2.05) is 6.92 Å². The largest absolute Gasteiger partial charge is 0.507 e. The minimum Gasteiger partial charge on any atom is -0.507 e. The molecule has 0 unspecified atom stereocenters. The molecule has 1 fully saturated rings. The lowest BCUT2D eigenvalue weighted by molar-refractivity contribution is -0.132. The third-order valence-corrected chi connectivity index (χ3v) is 8.49. The third kappa shape index (κ3) is 6.57. The average molecular weight is 649 g/mol. The molecule has 3 heterocycles. The van der Waals surface area contributed by atoms with E-state index in [-0.39, 0.29) is 27.8 Å². The van der Waals surface area contributed by atoms with Gasteiger partial charge in [0.15, 0.2) is 28.1 Å². The molecule has 1 atom stereocenters. The molecule has 3 aromatic rings. The van der Waals surface area contributed by atoms with Crippen molar-refractivity contribution in [2.45, 2.75) is 46.1 Å². The van der Waals surface area contributed by atoms with Gasteiger partial charge in [-0.25, -0.2) is 9.78 Å². The van der Waals surface area contributed by atoms with Crippen LogP contribution < -0.4 is 23.8 Å². The first-order valence-electron chi connectivity index (χ1n) is 15.1. The van der Waals surface area contributed by atoms with Crippen LogP contribution in [0.15, 0.2) is 54.6 Å². The SMILES string of the molecule is C=CCOC(=O)c1sc(N2C(=O)C(=O)C(=C(O)c3ccc4c(c3)OCCO4)[C@@H]2c2ccc(OCCCCC)c(OCC)c2)nc1C. The standard InChI is InChI=1S/C34H36N2O9S/c1-5-8-9-15-42-23-12-10-21(18-25(23)41-7-3)28-27(29(37)22-11-13-24-26(19-22)44-17-16-43-24)30(38)32(39)36(28)34-35-20(4)31(46-34)33(40)45-14-6-2/h6,10-13,18-19,28,37H,2,5,7-9,14-17H2,1,3-4H3/t28-/m0/s1. The summed E-state index contributed by atoms with van der Waals surface area (Å²) in [5.74, 6) is -1.02. The number of nitrogens with zero attached hydrogens (tertiary/aromatic N) is 2. The molecule has 242 valence electrons. The number of hydrogen-bond acceptors (Lipinski definition) is 11. The zero-order valence-electron chi connectivity index (χ0n) is 26.0. The van der Waals surface area contributed by atoms with Gasteiger partial charge in [-0.1, -0.05) is 49.8 Å². The Morgan fingerprint density at radius 3 is 2.61 bits per heavy atom. The molecule has 46 heavy (non-hydrogen) atoms. The normalized spacial score (nSPS) is 16.8. The van der Waals surface area contributed by atoms with E-state index in [9.17, 15) is 19.5 Å². The second-order valence-electron chi connectivity index (χ2n) is 10.5. The van der Waals surface area contributed by atoms with Crippen LogP contribution in [0.5, 0.6) is 23.0 Å². The fraction of sp³-hybridized carbons (Fsp3) is 0.353. The van der Waals surface area contributed by atoms with Gasteiger partial charge in [0.05, 0.1) is 30.5 Å². The number of amides is 1. The molecule has 12 heteroatoms. The van der Waals surface area contributed by atoms with E-state index in [2.05, 4.69) is 18.5 Å². The molecular formula is C34H36N2O9S. The van der Waals surface area contributed by atoms with Crippen molar-refractivity contribution < 1.29 is 43.2 Å². The second kappa shape index (κ2) is 14.5. The van der Waals surface area contributed by atoms with E-state index < -0.39 is 29.5 Å². The molecule has 0 bridgehead atoms. The Labute approximate surface area is 271 Å². The van der Waals surface area contributed by atoms with Crippen LogP contribution in [0.4, 0.5) is 5.13 Å². The van der Waals surface area contributed by atoms with Gasteiger partial charge in [0.25, 0.3) is 5.78 Å². The van der Waals surface area contributed by atoms with Crippen LogP contribution in [-0.4, -0.2) is 60.8 Å². The zero-order chi connectivity index (χ0) is 32.8. The number of unbranched alkanes of at least 4 members (excludes halogenated alkanes) is 2. The van der Waals surface area contributed by atoms with Crippen molar-refractivity contribution in [3.63, 3.8) is 0 Å². The van der Waals surface area contributed by atoms with Crippen LogP contribution in [0.2, 0.25) is 0 Å². The maximum atomic E-state index is 13.8. The number of carbonyl (C=O) groups excluding carboxylic acids is 3. The number of aliphatic hydroxyl groups excluding tert-OH is 1. The van der Waals surface area contributed by atoms with Gasteiger partial charge >= 0.3 is 11.9 Å². The molecule has 0 saturated carbocycles. The van der Waals surface area contributed by atoms with E-state index in [0.29, 0.717) is 60.7 Å². The molecule has 0 radical (unpaired) electrons. The molecule has 5 rings (SSSR count). The predicted octanol–water partition coefficient (Wildman–Crippen LogP) is 6.16. The molecule has 11 nitrogen and oxygen atoms in total. The lowest BCUT2D eigenvalue weighted by Gasteiger charge is -2.24.